The normalized spacial score (nSPS) is 21.7. The van der Waals surface area contributed by atoms with Gasteiger partial charge in [-0.05, 0) is 12.8 Å². The van der Waals surface area contributed by atoms with Gasteiger partial charge in [0.05, 0.1) is 0 Å². The maximum Gasteiger partial charge on any atom is 0.188 e. The molecule has 0 atom stereocenters. The molecule has 3 heteroatoms. The smallest absolute Gasteiger partial charge is 0.188 e. The number of guanidine groups is 1. The largest absolute Gasteiger partial charge is 0.370 e. The maximum absolute atomic E-state index is 5.54. The highest BCUT2D eigenvalue weighted by molar-refractivity contribution is 5.77. The molecule has 0 unspecified atom stereocenters. The van der Waals surface area contributed by atoms with Crippen LogP contribution >= 0.6 is 0 Å². The van der Waals surface area contributed by atoms with Gasteiger partial charge in [0.25, 0.3) is 0 Å². The molecular weight excluding hydrogens is 138 g/mol. The molecule has 3 nitrogen and oxygen atoms in total. The number of aliphatic imine (C=N–C) groups is 1. The van der Waals surface area contributed by atoms with E-state index in [2.05, 4.69) is 10.3 Å². The van der Waals surface area contributed by atoms with Gasteiger partial charge in [-0.25, -0.2) is 0 Å². The summed E-state index contributed by atoms with van der Waals surface area (Å²) in [5, 5.41) is 3.20. The minimum absolute atomic E-state index is 0.576. The van der Waals surface area contributed by atoms with Crippen molar-refractivity contribution in [3.63, 3.8) is 0 Å². The summed E-state index contributed by atoms with van der Waals surface area (Å²) in [5.74, 6) is 0.580. The van der Waals surface area contributed by atoms with E-state index in [-0.39, 0.29) is 0 Å². The number of hydrogen-bond acceptors (Lipinski definition) is 1. The zero-order valence-electron chi connectivity index (χ0n) is 7.14. The molecule has 0 spiro atoms. The highest BCUT2D eigenvalue weighted by atomic mass is 15.1. The molecule has 1 saturated carbocycles. The zero-order chi connectivity index (χ0) is 8.10. The Labute approximate surface area is 68.1 Å². The molecule has 1 aliphatic carbocycles. The van der Waals surface area contributed by atoms with E-state index >= 15 is 0 Å². The van der Waals surface area contributed by atoms with E-state index < -0.39 is 0 Å². The molecule has 0 bridgehead atoms. The van der Waals surface area contributed by atoms with Crippen LogP contribution in [-0.4, -0.2) is 19.0 Å². The van der Waals surface area contributed by atoms with Crippen molar-refractivity contribution in [3.05, 3.63) is 0 Å². The van der Waals surface area contributed by atoms with E-state index in [0.29, 0.717) is 12.0 Å². The molecular formula is C8H17N3. The summed E-state index contributed by atoms with van der Waals surface area (Å²) in [7, 11) is 1.71. The summed E-state index contributed by atoms with van der Waals surface area (Å²) in [6, 6.07) is 0.576. The quantitative estimate of drug-likeness (QED) is 0.436. The van der Waals surface area contributed by atoms with Crippen molar-refractivity contribution in [2.24, 2.45) is 10.7 Å². The Balaban J connectivity index is 2.24. The molecule has 0 aliphatic heterocycles. The molecule has 0 aromatic heterocycles. The van der Waals surface area contributed by atoms with Crippen LogP contribution in [0.25, 0.3) is 0 Å². The minimum Gasteiger partial charge on any atom is -0.370 e. The average Bonchev–Trinajstić information content (AvgIpc) is 2.06. The SMILES string of the molecule is CN=C(N)NC1CCCCC1. The first-order valence-corrected chi connectivity index (χ1v) is 4.31. The predicted molar refractivity (Wildman–Crippen MR) is 47.6 cm³/mol. The topological polar surface area (TPSA) is 50.4 Å². The fourth-order valence-electron chi connectivity index (χ4n) is 1.52. The summed E-state index contributed by atoms with van der Waals surface area (Å²) in [4.78, 5) is 3.87. The molecule has 3 N–H and O–H groups in total. The van der Waals surface area contributed by atoms with Crippen LogP contribution in [0.2, 0.25) is 0 Å². The number of nitrogens with one attached hydrogen (secondary N) is 1. The van der Waals surface area contributed by atoms with Gasteiger partial charge < -0.3 is 11.1 Å². The van der Waals surface area contributed by atoms with Gasteiger partial charge in [0.1, 0.15) is 0 Å². The Morgan fingerprint density at radius 2 is 2.00 bits per heavy atom. The highest BCUT2D eigenvalue weighted by Gasteiger charge is 2.12. The van der Waals surface area contributed by atoms with Crippen molar-refractivity contribution in [2.75, 3.05) is 7.05 Å². The summed E-state index contributed by atoms with van der Waals surface area (Å²) in [6.45, 7) is 0. The van der Waals surface area contributed by atoms with Gasteiger partial charge in [-0.15, -0.1) is 0 Å². The van der Waals surface area contributed by atoms with Gasteiger partial charge in [0, 0.05) is 13.1 Å². The number of rotatable bonds is 1. The second-order valence-corrected chi connectivity index (χ2v) is 3.09. The van der Waals surface area contributed by atoms with Crippen molar-refractivity contribution >= 4 is 5.96 Å². The van der Waals surface area contributed by atoms with Crippen molar-refractivity contribution in [3.8, 4) is 0 Å². The molecule has 1 fully saturated rings. The molecule has 11 heavy (non-hydrogen) atoms. The van der Waals surface area contributed by atoms with E-state index in [4.69, 9.17) is 5.73 Å². The third-order valence-electron chi connectivity index (χ3n) is 2.20. The molecule has 0 radical (unpaired) electrons. The Hall–Kier alpha value is -0.730. The van der Waals surface area contributed by atoms with Gasteiger partial charge in [-0.2, -0.15) is 0 Å². The third-order valence-corrected chi connectivity index (χ3v) is 2.20. The standard InChI is InChI=1S/C8H17N3/c1-10-8(9)11-7-5-3-2-4-6-7/h7H,2-6H2,1H3,(H3,9,10,11). The van der Waals surface area contributed by atoms with Gasteiger partial charge in [-0.1, -0.05) is 19.3 Å². The fraction of sp³-hybridized carbons (Fsp3) is 0.875. The van der Waals surface area contributed by atoms with Crippen molar-refractivity contribution in [2.45, 2.75) is 38.1 Å². The van der Waals surface area contributed by atoms with Crippen LogP contribution < -0.4 is 11.1 Å². The molecule has 0 amide bonds. The lowest BCUT2D eigenvalue weighted by Gasteiger charge is -2.22. The van der Waals surface area contributed by atoms with Crippen LogP contribution in [0.5, 0.6) is 0 Å². The lowest BCUT2D eigenvalue weighted by Crippen LogP contribution is -2.40. The van der Waals surface area contributed by atoms with E-state index in [0.717, 1.165) is 0 Å². The second-order valence-electron chi connectivity index (χ2n) is 3.09. The van der Waals surface area contributed by atoms with Crippen LogP contribution in [0, 0.1) is 0 Å². The van der Waals surface area contributed by atoms with Crippen molar-refractivity contribution in [1.82, 2.24) is 5.32 Å². The van der Waals surface area contributed by atoms with Crippen molar-refractivity contribution in [1.29, 1.82) is 0 Å². The van der Waals surface area contributed by atoms with E-state index in [1.54, 1.807) is 7.05 Å². The Morgan fingerprint density at radius 3 is 2.55 bits per heavy atom. The van der Waals surface area contributed by atoms with Crippen LogP contribution in [0.4, 0.5) is 0 Å². The molecule has 0 saturated heterocycles. The monoisotopic (exact) mass is 155 g/mol. The first-order valence-electron chi connectivity index (χ1n) is 4.31. The third kappa shape index (κ3) is 2.78. The molecule has 0 aromatic carbocycles. The second kappa shape index (κ2) is 4.21. The van der Waals surface area contributed by atoms with Gasteiger partial charge in [0.2, 0.25) is 0 Å². The number of hydrogen-bond donors (Lipinski definition) is 2. The lowest BCUT2D eigenvalue weighted by atomic mass is 9.96. The molecule has 1 rings (SSSR count). The van der Waals surface area contributed by atoms with Gasteiger partial charge in [0.15, 0.2) is 5.96 Å². The first-order chi connectivity index (χ1) is 5.33. The fourth-order valence-corrected chi connectivity index (χ4v) is 1.52. The highest BCUT2D eigenvalue weighted by Crippen LogP contribution is 2.16. The summed E-state index contributed by atoms with van der Waals surface area (Å²) >= 11 is 0. The summed E-state index contributed by atoms with van der Waals surface area (Å²) in [6.07, 6.45) is 6.52. The first kappa shape index (κ1) is 8.37. The lowest BCUT2D eigenvalue weighted by molar-refractivity contribution is 0.412. The Bertz CT molecular complexity index is 136. The predicted octanol–water partition coefficient (Wildman–Crippen LogP) is 0.853. The molecule has 0 aromatic rings. The summed E-state index contributed by atoms with van der Waals surface area (Å²) < 4.78 is 0. The Morgan fingerprint density at radius 1 is 1.36 bits per heavy atom. The van der Waals surface area contributed by atoms with Crippen LogP contribution in [0.3, 0.4) is 0 Å². The van der Waals surface area contributed by atoms with Crippen LogP contribution in [-0.2, 0) is 0 Å². The van der Waals surface area contributed by atoms with E-state index in [1.165, 1.54) is 32.1 Å². The summed E-state index contributed by atoms with van der Waals surface area (Å²) in [5.41, 5.74) is 5.54. The van der Waals surface area contributed by atoms with E-state index in [9.17, 15) is 0 Å². The molecule has 0 heterocycles. The number of nitrogens with two attached hydrogens (primary N) is 1. The van der Waals surface area contributed by atoms with Crippen LogP contribution in [0.1, 0.15) is 32.1 Å². The van der Waals surface area contributed by atoms with Crippen molar-refractivity contribution < 1.29 is 0 Å². The minimum atomic E-state index is 0.576. The zero-order valence-corrected chi connectivity index (χ0v) is 7.14. The average molecular weight is 155 g/mol. The Kier molecular flexibility index (Phi) is 3.20. The maximum atomic E-state index is 5.54. The van der Waals surface area contributed by atoms with Gasteiger partial charge >= 0.3 is 0 Å². The molecule has 64 valence electrons. The number of nitrogens with zero attached hydrogens (tertiary/aromatic N) is 1. The molecule has 1 aliphatic rings. The van der Waals surface area contributed by atoms with Gasteiger partial charge in [-0.3, -0.25) is 4.99 Å². The van der Waals surface area contributed by atoms with E-state index in [1.807, 2.05) is 0 Å². The van der Waals surface area contributed by atoms with Crippen LogP contribution in [0.15, 0.2) is 4.99 Å².